The molecule has 0 bridgehead atoms. The van der Waals surface area contributed by atoms with Crippen LogP contribution in [0.2, 0.25) is 0 Å². The lowest BCUT2D eigenvalue weighted by Gasteiger charge is -2.15. The van der Waals surface area contributed by atoms with Crippen molar-refractivity contribution in [1.29, 1.82) is 0 Å². The summed E-state index contributed by atoms with van der Waals surface area (Å²) in [6.45, 7) is 0. The molecule has 0 saturated carbocycles. The molecule has 1 unspecified atom stereocenters. The molecule has 0 aliphatic rings. The number of rotatable bonds is 5. The quantitative estimate of drug-likeness (QED) is 0.340. The van der Waals surface area contributed by atoms with E-state index in [1.165, 1.54) is 0 Å². The highest BCUT2D eigenvalue weighted by molar-refractivity contribution is 6.07. The first-order valence-electron chi connectivity index (χ1n) is 6.58. The molecule has 0 radical (unpaired) electrons. The van der Waals surface area contributed by atoms with Crippen molar-refractivity contribution in [2.45, 2.75) is 6.42 Å². The van der Waals surface area contributed by atoms with Gasteiger partial charge in [0.2, 0.25) is 5.91 Å². The summed E-state index contributed by atoms with van der Waals surface area (Å²) in [5.74, 6) is -1.13. The summed E-state index contributed by atoms with van der Waals surface area (Å²) in [7, 11) is 0. The van der Waals surface area contributed by atoms with E-state index in [9.17, 15) is 4.79 Å². The Bertz CT molecular complexity index is 612. The second kappa shape index (κ2) is 7.09. The van der Waals surface area contributed by atoms with Crippen LogP contribution in [0.1, 0.15) is 5.56 Å². The topological polar surface area (TPSA) is 87.7 Å². The number of nitrogens with one attached hydrogen (secondary N) is 1. The van der Waals surface area contributed by atoms with Crippen molar-refractivity contribution < 1.29 is 10.0 Å². The van der Waals surface area contributed by atoms with Crippen molar-refractivity contribution in [2.75, 3.05) is 5.32 Å². The van der Waals surface area contributed by atoms with Gasteiger partial charge in [-0.05, 0) is 24.1 Å². The van der Waals surface area contributed by atoms with Crippen LogP contribution in [0.15, 0.2) is 65.8 Å². The lowest BCUT2D eigenvalue weighted by molar-refractivity contribution is -0.118. The molecule has 0 aromatic heterocycles. The minimum Gasteiger partial charge on any atom is -0.409 e. The van der Waals surface area contributed by atoms with Gasteiger partial charge < -0.3 is 16.3 Å². The molecule has 2 rings (SSSR count). The molecule has 1 amide bonds. The lowest BCUT2D eigenvalue weighted by Crippen LogP contribution is -2.36. The zero-order valence-corrected chi connectivity index (χ0v) is 11.4. The number of amides is 1. The van der Waals surface area contributed by atoms with E-state index in [4.69, 9.17) is 10.9 Å². The Morgan fingerprint density at radius 1 is 1.10 bits per heavy atom. The third-order valence-electron chi connectivity index (χ3n) is 3.11. The molecule has 2 aromatic rings. The molecule has 21 heavy (non-hydrogen) atoms. The SMILES string of the molecule is NC(=NO)C(Cc1ccccc1)C(=O)Nc1ccccc1. The summed E-state index contributed by atoms with van der Waals surface area (Å²) in [6.07, 6.45) is 0.370. The van der Waals surface area contributed by atoms with Gasteiger partial charge in [0, 0.05) is 5.69 Å². The molecule has 0 fully saturated rings. The predicted molar refractivity (Wildman–Crippen MR) is 82.1 cm³/mol. The Morgan fingerprint density at radius 3 is 2.24 bits per heavy atom. The standard InChI is InChI=1S/C16H17N3O2/c17-15(19-21)14(11-12-7-3-1-4-8-12)16(20)18-13-9-5-2-6-10-13/h1-10,14,21H,11H2,(H2,17,19)(H,18,20). The Labute approximate surface area is 123 Å². The Balaban J connectivity index is 2.14. The minimum absolute atomic E-state index is 0.104. The summed E-state index contributed by atoms with van der Waals surface area (Å²) < 4.78 is 0. The first-order chi connectivity index (χ1) is 10.2. The number of anilines is 1. The molecule has 2 aromatic carbocycles. The normalized spacial score (nSPS) is 12.7. The Kier molecular flexibility index (Phi) is 4.93. The Hall–Kier alpha value is -2.82. The summed E-state index contributed by atoms with van der Waals surface area (Å²) in [6, 6.07) is 18.5. The van der Waals surface area contributed by atoms with Crippen molar-refractivity contribution in [1.82, 2.24) is 0 Å². The number of para-hydroxylation sites is 1. The average molecular weight is 283 g/mol. The van der Waals surface area contributed by atoms with Gasteiger partial charge in [0.1, 0.15) is 5.92 Å². The van der Waals surface area contributed by atoms with Crippen LogP contribution in [0.5, 0.6) is 0 Å². The zero-order valence-electron chi connectivity index (χ0n) is 11.4. The van der Waals surface area contributed by atoms with Gasteiger partial charge >= 0.3 is 0 Å². The minimum atomic E-state index is -0.724. The van der Waals surface area contributed by atoms with E-state index in [1.807, 2.05) is 48.5 Å². The summed E-state index contributed by atoms with van der Waals surface area (Å²) >= 11 is 0. The second-order valence-corrected chi connectivity index (χ2v) is 4.62. The van der Waals surface area contributed by atoms with E-state index in [1.54, 1.807) is 12.1 Å². The van der Waals surface area contributed by atoms with Crippen LogP contribution < -0.4 is 11.1 Å². The molecular weight excluding hydrogens is 266 g/mol. The van der Waals surface area contributed by atoms with Gasteiger partial charge in [0.05, 0.1) is 0 Å². The van der Waals surface area contributed by atoms with Gasteiger partial charge in [-0.3, -0.25) is 4.79 Å². The van der Waals surface area contributed by atoms with E-state index < -0.39 is 5.92 Å². The smallest absolute Gasteiger partial charge is 0.235 e. The van der Waals surface area contributed by atoms with E-state index in [0.29, 0.717) is 12.1 Å². The summed E-state index contributed by atoms with van der Waals surface area (Å²) in [5.41, 5.74) is 7.27. The maximum absolute atomic E-state index is 12.3. The number of nitrogens with two attached hydrogens (primary N) is 1. The second-order valence-electron chi connectivity index (χ2n) is 4.62. The molecule has 4 N–H and O–H groups in total. The molecule has 1 atom stereocenters. The van der Waals surface area contributed by atoms with Crippen molar-refractivity contribution >= 4 is 17.4 Å². The number of nitrogens with zero attached hydrogens (tertiary/aromatic N) is 1. The van der Waals surface area contributed by atoms with Crippen LogP contribution in [0.25, 0.3) is 0 Å². The maximum atomic E-state index is 12.3. The highest BCUT2D eigenvalue weighted by Crippen LogP contribution is 2.13. The van der Waals surface area contributed by atoms with Gasteiger partial charge in [-0.1, -0.05) is 53.7 Å². The molecule has 108 valence electrons. The molecule has 0 saturated heterocycles. The van der Waals surface area contributed by atoms with E-state index in [-0.39, 0.29) is 11.7 Å². The molecule has 5 nitrogen and oxygen atoms in total. The van der Waals surface area contributed by atoms with Gasteiger partial charge in [0.15, 0.2) is 5.84 Å². The van der Waals surface area contributed by atoms with Crippen LogP contribution in [-0.4, -0.2) is 17.0 Å². The molecule has 0 heterocycles. The first kappa shape index (κ1) is 14.6. The van der Waals surface area contributed by atoms with Crippen LogP contribution in [-0.2, 0) is 11.2 Å². The first-order valence-corrected chi connectivity index (χ1v) is 6.58. The predicted octanol–water partition coefficient (Wildman–Crippen LogP) is 2.23. The summed E-state index contributed by atoms with van der Waals surface area (Å²) in [5, 5.41) is 14.6. The van der Waals surface area contributed by atoms with Gasteiger partial charge in [-0.2, -0.15) is 0 Å². The third kappa shape index (κ3) is 4.07. The fourth-order valence-electron chi connectivity index (χ4n) is 2.00. The maximum Gasteiger partial charge on any atom is 0.235 e. The van der Waals surface area contributed by atoms with Gasteiger partial charge in [-0.15, -0.1) is 0 Å². The number of hydrogen-bond donors (Lipinski definition) is 3. The van der Waals surface area contributed by atoms with Crippen LogP contribution in [0.4, 0.5) is 5.69 Å². The van der Waals surface area contributed by atoms with Crippen molar-refractivity contribution in [3.8, 4) is 0 Å². The highest BCUT2D eigenvalue weighted by atomic mass is 16.4. The molecule has 5 heteroatoms. The van der Waals surface area contributed by atoms with E-state index >= 15 is 0 Å². The van der Waals surface area contributed by atoms with Gasteiger partial charge in [-0.25, -0.2) is 0 Å². The Morgan fingerprint density at radius 2 is 1.67 bits per heavy atom. The number of carbonyl (C=O) groups is 1. The molecule has 0 aliphatic heterocycles. The van der Waals surface area contributed by atoms with Crippen LogP contribution in [0, 0.1) is 5.92 Å². The number of carbonyl (C=O) groups excluding carboxylic acids is 1. The van der Waals surface area contributed by atoms with E-state index in [2.05, 4.69) is 10.5 Å². The fraction of sp³-hybridized carbons (Fsp3) is 0.125. The average Bonchev–Trinajstić information content (AvgIpc) is 2.53. The van der Waals surface area contributed by atoms with Gasteiger partial charge in [0.25, 0.3) is 0 Å². The van der Waals surface area contributed by atoms with Crippen LogP contribution >= 0.6 is 0 Å². The largest absolute Gasteiger partial charge is 0.409 e. The fourth-order valence-corrected chi connectivity index (χ4v) is 2.00. The van der Waals surface area contributed by atoms with Crippen LogP contribution in [0.3, 0.4) is 0 Å². The zero-order chi connectivity index (χ0) is 15.1. The van der Waals surface area contributed by atoms with Crippen molar-refractivity contribution in [3.05, 3.63) is 66.2 Å². The number of amidine groups is 1. The number of benzene rings is 2. The van der Waals surface area contributed by atoms with E-state index in [0.717, 1.165) is 5.56 Å². The number of oxime groups is 1. The summed E-state index contributed by atoms with van der Waals surface area (Å²) in [4.78, 5) is 12.3. The monoisotopic (exact) mass is 283 g/mol. The molecule has 0 aliphatic carbocycles. The highest BCUT2D eigenvalue weighted by Gasteiger charge is 2.23. The number of hydrogen-bond acceptors (Lipinski definition) is 3. The molecule has 0 spiro atoms. The van der Waals surface area contributed by atoms with Crippen molar-refractivity contribution in [3.63, 3.8) is 0 Å². The lowest BCUT2D eigenvalue weighted by atomic mass is 9.97. The third-order valence-corrected chi connectivity index (χ3v) is 3.11. The molecular formula is C16H17N3O2. The van der Waals surface area contributed by atoms with Crippen molar-refractivity contribution in [2.24, 2.45) is 16.8 Å².